The zero-order chi connectivity index (χ0) is 36.8. The van der Waals surface area contributed by atoms with Crippen molar-refractivity contribution < 1.29 is 18.9 Å². The quantitative estimate of drug-likeness (QED) is 0.248. The van der Waals surface area contributed by atoms with Gasteiger partial charge in [0.1, 0.15) is 0 Å². The summed E-state index contributed by atoms with van der Waals surface area (Å²) in [7, 11) is 0. The van der Waals surface area contributed by atoms with Crippen LogP contribution in [0.4, 0.5) is 0 Å². The summed E-state index contributed by atoms with van der Waals surface area (Å²) in [4.78, 5) is 0. The van der Waals surface area contributed by atoms with Gasteiger partial charge < -0.3 is 18.9 Å². The first-order valence-electron chi connectivity index (χ1n) is 24.3. The van der Waals surface area contributed by atoms with E-state index < -0.39 is 0 Å². The Morgan fingerprint density at radius 3 is 0.231 bits per heavy atom. The normalized spacial score (nSPS) is 24.0. The van der Waals surface area contributed by atoms with E-state index in [4.69, 9.17) is 18.9 Å². The highest BCUT2D eigenvalue weighted by Crippen LogP contribution is 2.18. The van der Waals surface area contributed by atoms with Crippen LogP contribution >= 0.6 is 0 Å². The number of ether oxygens (including phenoxy) is 4. The van der Waals surface area contributed by atoms with Crippen LogP contribution in [0.2, 0.25) is 0 Å². The van der Waals surface area contributed by atoms with Crippen LogP contribution in [0.3, 0.4) is 0 Å². The largest absolute Gasteiger partial charge is 0.381 e. The molecule has 0 atom stereocenters. The van der Waals surface area contributed by atoms with Crippen LogP contribution in [0, 0.1) is 0 Å². The van der Waals surface area contributed by atoms with Crippen molar-refractivity contribution in [2.24, 2.45) is 0 Å². The van der Waals surface area contributed by atoms with E-state index in [0.717, 1.165) is 52.9 Å². The van der Waals surface area contributed by atoms with Crippen LogP contribution in [0.1, 0.15) is 257 Å². The highest BCUT2D eigenvalue weighted by atomic mass is 16.5. The van der Waals surface area contributed by atoms with Crippen molar-refractivity contribution in [2.45, 2.75) is 257 Å². The van der Waals surface area contributed by atoms with Gasteiger partial charge in [0.25, 0.3) is 0 Å². The Balaban J connectivity index is 0.000000293. The van der Waals surface area contributed by atoms with E-state index in [-0.39, 0.29) is 0 Å². The zero-order valence-electron chi connectivity index (χ0n) is 35.6. The van der Waals surface area contributed by atoms with Gasteiger partial charge >= 0.3 is 0 Å². The highest BCUT2D eigenvalue weighted by Gasteiger charge is 1.99. The molecule has 0 aromatic heterocycles. The second-order valence-electron chi connectivity index (χ2n) is 16.6. The summed E-state index contributed by atoms with van der Waals surface area (Å²) in [6.45, 7) is 8.00. The number of hydrogen-bond donors (Lipinski definition) is 0. The molecule has 4 aliphatic heterocycles. The third kappa shape index (κ3) is 44.2. The van der Waals surface area contributed by atoms with Gasteiger partial charge in [0.05, 0.1) is 0 Å². The molecular formula is C48H96O4. The maximum absolute atomic E-state index is 5.07. The fourth-order valence-corrected chi connectivity index (χ4v) is 7.70. The fraction of sp³-hybridized carbons (Fsp3) is 1.00. The van der Waals surface area contributed by atoms with Gasteiger partial charge in [-0.25, -0.2) is 0 Å². The van der Waals surface area contributed by atoms with Crippen molar-refractivity contribution in [3.05, 3.63) is 0 Å². The third-order valence-corrected chi connectivity index (χ3v) is 11.3. The van der Waals surface area contributed by atoms with E-state index in [1.165, 1.54) is 257 Å². The molecule has 0 aromatic rings. The topological polar surface area (TPSA) is 36.9 Å². The molecule has 0 bridgehead atoms. The predicted molar refractivity (Wildman–Crippen MR) is 228 cm³/mol. The molecule has 9 aliphatic rings. The average Bonchev–Trinajstić information content (AvgIpc) is 4.08. The van der Waals surface area contributed by atoms with Crippen LogP contribution in [-0.4, -0.2) is 52.9 Å². The van der Waals surface area contributed by atoms with Gasteiger partial charge in [-0.3, -0.25) is 0 Å². The first-order valence-corrected chi connectivity index (χ1v) is 24.3. The lowest BCUT2D eigenvalue weighted by Gasteiger charge is -2.08. The highest BCUT2D eigenvalue weighted by molar-refractivity contribution is 4.54. The molecule has 9 rings (SSSR count). The minimum atomic E-state index is 1.00. The molecule has 4 heterocycles. The van der Waals surface area contributed by atoms with E-state index in [2.05, 4.69) is 0 Å². The molecule has 5 saturated carbocycles. The Morgan fingerprint density at radius 1 is 0.0962 bits per heavy atom. The first kappa shape index (κ1) is 49.9. The molecule has 0 radical (unpaired) electrons. The SMILES string of the molecule is C1CCCCC1.C1CCCCC1.C1CCCCC1.C1CCCCC1.C1CCCCC1.C1CCOC1.C1CCOC1.C1CCOCC1.C1CCOCC1. The molecule has 4 saturated heterocycles. The van der Waals surface area contributed by atoms with Crippen LogP contribution in [0.15, 0.2) is 0 Å². The Labute approximate surface area is 327 Å². The number of rotatable bonds is 0. The Morgan fingerprint density at radius 2 is 0.173 bits per heavy atom. The summed E-state index contributed by atoms with van der Waals surface area (Å²) in [6, 6.07) is 0. The summed E-state index contributed by atoms with van der Waals surface area (Å²) in [5.74, 6) is 0. The minimum Gasteiger partial charge on any atom is -0.381 e. The van der Waals surface area contributed by atoms with E-state index in [0.29, 0.717) is 0 Å². The fourth-order valence-electron chi connectivity index (χ4n) is 7.70. The summed E-state index contributed by atoms with van der Waals surface area (Å²) in [6.07, 6.45) is 58.0. The van der Waals surface area contributed by atoms with Crippen LogP contribution in [0.5, 0.6) is 0 Å². The average molecular weight is 737 g/mol. The lowest BCUT2D eigenvalue weighted by atomic mass is 10.0. The molecule has 0 spiro atoms. The number of hydrogen-bond acceptors (Lipinski definition) is 4. The molecule has 52 heavy (non-hydrogen) atoms. The smallest absolute Gasteiger partial charge is 0.0466 e. The van der Waals surface area contributed by atoms with Crippen molar-refractivity contribution in [1.29, 1.82) is 0 Å². The van der Waals surface area contributed by atoms with Crippen molar-refractivity contribution in [2.75, 3.05) is 52.9 Å². The van der Waals surface area contributed by atoms with Gasteiger partial charge in [0.15, 0.2) is 0 Å². The Hall–Kier alpha value is -0.160. The van der Waals surface area contributed by atoms with Gasteiger partial charge in [-0.1, -0.05) is 193 Å². The summed E-state index contributed by atoms with van der Waals surface area (Å²) in [5, 5.41) is 0. The van der Waals surface area contributed by atoms with Gasteiger partial charge in [-0.2, -0.15) is 0 Å². The van der Waals surface area contributed by atoms with Crippen molar-refractivity contribution in [3.63, 3.8) is 0 Å². The van der Waals surface area contributed by atoms with Crippen LogP contribution < -0.4 is 0 Å². The molecule has 312 valence electrons. The summed E-state index contributed by atoms with van der Waals surface area (Å²) in [5.41, 5.74) is 0. The van der Waals surface area contributed by atoms with Crippen molar-refractivity contribution >= 4 is 0 Å². The molecule has 4 heteroatoms. The minimum absolute atomic E-state index is 1.00. The maximum Gasteiger partial charge on any atom is 0.0466 e. The third-order valence-electron chi connectivity index (χ3n) is 11.3. The summed E-state index contributed by atoms with van der Waals surface area (Å²) < 4.78 is 20.0. The maximum atomic E-state index is 5.07. The van der Waals surface area contributed by atoms with Crippen LogP contribution in [0.25, 0.3) is 0 Å². The van der Waals surface area contributed by atoms with Crippen molar-refractivity contribution in [1.82, 2.24) is 0 Å². The molecule has 0 unspecified atom stereocenters. The predicted octanol–water partition coefficient (Wildman–Crippen LogP) is 15.7. The Bertz CT molecular complexity index is 353. The molecule has 0 amide bonds. The lowest BCUT2D eigenvalue weighted by Crippen LogP contribution is -2.03. The standard InChI is InChI=1S/5C6H12.2C5H10O.2C4H8O/c7*1-2-4-6-5-3-1;2*1-2-4-5-3-1/h5*1-6H2;2*1-5H2;2*1-4H2. The van der Waals surface area contributed by atoms with Gasteiger partial charge in [0.2, 0.25) is 0 Å². The Kier molecular flexibility index (Phi) is 45.1. The van der Waals surface area contributed by atoms with Crippen molar-refractivity contribution in [3.8, 4) is 0 Å². The molecule has 9 fully saturated rings. The van der Waals surface area contributed by atoms with E-state index in [1.807, 2.05) is 0 Å². The first-order chi connectivity index (χ1) is 26.0. The van der Waals surface area contributed by atoms with E-state index in [9.17, 15) is 0 Å². The monoisotopic (exact) mass is 737 g/mol. The second kappa shape index (κ2) is 47.0. The molecule has 0 aromatic carbocycles. The van der Waals surface area contributed by atoms with Crippen LogP contribution in [-0.2, 0) is 18.9 Å². The molecule has 5 aliphatic carbocycles. The van der Waals surface area contributed by atoms with Gasteiger partial charge in [-0.05, 0) is 64.2 Å². The second-order valence-corrected chi connectivity index (χ2v) is 16.6. The van der Waals surface area contributed by atoms with Gasteiger partial charge in [0, 0.05) is 52.9 Å². The molecule has 4 nitrogen and oxygen atoms in total. The van der Waals surface area contributed by atoms with E-state index >= 15 is 0 Å². The molecule has 0 N–H and O–H groups in total. The summed E-state index contributed by atoms with van der Waals surface area (Å²) >= 11 is 0. The van der Waals surface area contributed by atoms with Gasteiger partial charge in [-0.15, -0.1) is 0 Å². The zero-order valence-corrected chi connectivity index (χ0v) is 35.6. The molecular weight excluding hydrogens is 641 g/mol. The van der Waals surface area contributed by atoms with E-state index in [1.54, 1.807) is 0 Å². The lowest BCUT2D eigenvalue weighted by molar-refractivity contribution is 0.0967.